The molecule has 24 heteroatoms. The Morgan fingerprint density at radius 3 is 1.72 bits per heavy atom. The second-order valence-corrected chi connectivity index (χ2v) is 19.5. The molecule has 0 saturated heterocycles. The first-order valence-electron chi connectivity index (χ1n) is 26.1. The minimum absolute atomic E-state index is 0.0184. The topological polar surface area (TPSA) is 349 Å². The molecule has 424 valence electrons. The Morgan fingerprint density at radius 1 is 0.568 bits per heavy atom. The summed E-state index contributed by atoms with van der Waals surface area (Å²) >= 11 is 1.24. The highest BCUT2D eigenvalue weighted by Gasteiger charge is 2.30. The third-order valence-electron chi connectivity index (χ3n) is 12.1. The molecule has 3 atom stereocenters. The second kappa shape index (κ2) is 43.5. The molecule has 1 aliphatic carbocycles. The van der Waals surface area contributed by atoms with Gasteiger partial charge >= 0.3 is 17.9 Å². The van der Waals surface area contributed by atoms with Crippen LogP contribution in [-0.4, -0.2) is 183 Å². The van der Waals surface area contributed by atoms with Gasteiger partial charge in [0.05, 0.1) is 57.9 Å². The smallest absolute Gasteiger partial charge is 0.326 e. The molecule has 0 aromatic carbocycles. The molecule has 1 rings (SSSR count). The number of carbonyl (C=O) groups is 10. The van der Waals surface area contributed by atoms with Gasteiger partial charge in [0.2, 0.25) is 29.5 Å². The molecule has 0 aromatic rings. The minimum atomic E-state index is -1.23. The quantitative estimate of drug-likeness (QED) is 0.0394. The van der Waals surface area contributed by atoms with Gasteiger partial charge < -0.3 is 66.0 Å². The number of carbonyl (C=O) groups excluding carboxylic acids is 7. The van der Waals surface area contributed by atoms with E-state index in [-0.39, 0.29) is 151 Å². The molecule has 0 bridgehead atoms. The van der Waals surface area contributed by atoms with Gasteiger partial charge in [-0.3, -0.25) is 43.2 Å². The number of amides is 5. The number of rotatable bonds is 48. The van der Waals surface area contributed by atoms with Gasteiger partial charge in [0.15, 0.2) is 5.78 Å². The number of thioether (sulfide) groups is 1. The lowest BCUT2D eigenvalue weighted by molar-refractivity contribution is -0.145. The van der Waals surface area contributed by atoms with Crippen molar-refractivity contribution in [3.63, 3.8) is 0 Å². The number of carboxylic acids is 3. The first kappa shape index (κ1) is 67.3. The van der Waals surface area contributed by atoms with Gasteiger partial charge in [-0.2, -0.15) is 11.8 Å². The maximum absolute atomic E-state index is 12.9. The lowest BCUT2D eigenvalue weighted by Crippen LogP contribution is -2.45. The average Bonchev–Trinajstić information content (AvgIpc) is 3.36. The van der Waals surface area contributed by atoms with Crippen molar-refractivity contribution in [1.29, 1.82) is 0 Å². The number of ether oxygens (including phenoxy) is 4. The molecular weight excluding hydrogens is 991 g/mol. The lowest BCUT2D eigenvalue weighted by atomic mass is 9.81. The summed E-state index contributed by atoms with van der Waals surface area (Å²) in [5.41, 5.74) is 0. The Balaban J connectivity index is 1.99. The molecule has 0 unspecified atom stereocenters. The predicted molar refractivity (Wildman–Crippen MR) is 272 cm³/mol. The maximum atomic E-state index is 12.9. The summed E-state index contributed by atoms with van der Waals surface area (Å²) in [6.45, 7) is 2.98. The van der Waals surface area contributed by atoms with Crippen molar-refractivity contribution in [3.05, 3.63) is 0 Å². The molecule has 0 heterocycles. The van der Waals surface area contributed by atoms with E-state index in [9.17, 15) is 53.1 Å². The second-order valence-electron chi connectivity index (χ2n) is 18.5. The van der Waals surface area contributed by atoms with E-state index in [0.29, 0.717) is 44.5 Å². The zero-order chi connectivity index (χ0) is 54.8. The Kier molecular flexibility index (Phi) is 39.5. The number of aliphatic carboxylic acids is 3. The van der Waals surface area contributed by atoms with Crippen LogP contribution >= 0.6 is 11.8 Å². The van der Waals surface area contributed by atoms with Crippen LogP contribution in [0.1, 0.15) is 129 Å². The summed E-state index contributed by atoms with van der Waals surface area (Å²) in [5, 5.41) is 50.0. The molecule has 0 spiro atoms. The molecule has 1 fully saturated rings. The summed E-state index contributed by atoms with van der Waals surface area (Å²) in [7, 11) is 0. The fourth-order valence-electron chi connectivity index (χ4n) is 7.61. The van der Waals surface area contributed by atoms with Gasteiger partial charge in [0, 0.05) is 75.9 Å². The predicted octanol–water partition coefficient (Wildman–Crippen LogP) is 2.03. The van der Waals surface area contributed by atoms with Crippen molar-refractivity contribution in [2.75, 3.05) is 97.1 Å². The van der Waals surface area contributed by atoms with Crippen LogP contribution in [0.3, 0.4) is 0 Å². The molecule has 5 amide bonds. The van der Waals surface area contributed by atoms with Crippen LogP contribution in [0.4, 0.5) is 0 Å². The summed E-state index contributed by atoms with van der Waals surface area (Å²) in [5.74, 6) is -6.23. The third kappa shape index (κ3) is 37.1. The highest BCUT2D eigenvalue weighted by molar-refractivity contribution is 7.99. The fraction of sp³-hybridized carbons (Fsp3) is 0.800. The van der Waals surface area contributed by atoms with Crippen LogP contribution in [0.2, 0.25) is 0 Å². The van der Waals surface area contributed by atoms with Gasteiger partial charge in [0.25, 0.3) is 0 Å². The number of hydrogen-bond acceptors (Lipinski definition) is 16. The van der Waals surface area contributed by atoms with Gasteiger partial charge in [0.1, 0.15) is 25.0 Å². The molecule has 0 aliphatic heterocycles. The van der Waals surface area contributed by atoms with Crippen LogP contribution in [0.15, 0.2) is 0 Å². The van der Waals surface area contributed by atoms with Crippen molar-refractivity contribution in [2.45, 2.75) is 135 Å². The Labute approximate surface area is 439 Å². The van der Waals surface area contributed by atoms with Crippen molar-refractivity contribution in [3.8, 4) is 0 Å². The van der Waals surface area contributed by atoms with E-state index in [4.69, 9.17) is 34.3 Å². The third-order valence-corrected chi connectivity index (χ3v) is 13.3. The molecular formula is C50H85N5O18S. The zero-order valence-corrected chi connectivity index (χ0v) is 44.2. The number of Topliss-reactive ketones (excluding diaryl/α,β-unsaturated/α-hetero) is 2. The van der Waals surface area contributed by atoms with Crippen molar-refractivity contribution < 1.29 is 87.3 Å². The summed E-state index contributed by atoms with van der Waals surface area (Å²) in [4.78, 5) is 119. The number of nitrogens with one attached hydrogen (secondary N) is 5. The van der Waals surface area contributed by atoms with Crippen LogP contribution in [0.5, 0.6) is 0 Å². The molecule has 9 N–H and O–H groups in total. The Hall–Kier alpha value is -4.75. The van der Waals surface area contributed by atoms with Crippen molar-refractivity contribution in [2.24, 2.45) is 23.7 Å². The van der Waals surface area contributed by atoms with Crippen LogP contribution in [0, 0.1) is 23.7 Å². The molecule has 74 heavy (non-hydrogen) atoms. The van der Waals surface area contributed by atoms with Crippen molar-refractivity contribution >= 4 is 70.8 Å². The van der Waals surface area contributed by atoms with Gasteiger partial charge in [-0.1, -0.05) is 45.4 Å². The Morgan fingerprint density at radius 2 is 1.12 bits per heavy atom. The summed E-state index contributed by atoms with van der Waals surface area (Å²) in [6.07, 6.45) is 11.2. The monoisotopic (exact) mass is 1080 g/mol. The van der Waals surface area contributed by atoms with Crippen molar-refractivity contribution in [1.82, 2.24) is 26.6 Å². The van der Waals surface area contributed by atoms with Gasteiger partial charge in [-0.15, -0.1) is 0 Å². The SMILES string of the molecule is C[C@@H](CSCC(=O)NCCCC(=O)COCCOCCNC(=O)COCCOCCNC(=O)CC[C@H](NC(=O)C1CCC(CNC(=O)CCCCCCCCCCC(=O)O)CC1)C(=O)O)C(=O)C[C@@H](CO)C(=O)O. The van der Waals surface area contributed by atoms with E-state index >= 15 is 0 Å². The maximum Gasteiger partial charge on any atom is 0.326 e. The molecule has 0 radical (unpaired) electrons. The van der Waals surface area contributed by atoms with E-state index in [2.05, 4.69) is 26.6 Å². The van der Waals surface area contributed by atoms with E-state index in [1.807, 2.05) is 0 Å². The zero-order valence-electron chi connectivity index (χ0n) is 43.3. The van der Waals surface area contributed by atoms with Gasteiger partial charge in [-0.25, -0.2) is 4.79 Å². The van der Waals surface area contributed by atoms with E-state index in [1.54, 1.807) is 6.92 Å². The highest BCUT2D eigenvalue weighted by Crippen LogP contribution is 2.29. The number of carboxylic acid groups (broad SMARTS) is 3. The Bertz CT molecular complexity index is 1680. The number of hydrogen-bond donors (Lipinski definition) is 9. The number of ketones is 2. The standard InChI is InChI=1S/C50H85N5O18S/c1-36(42(58)29-39(31-56)49(66)67)34-74-35-46(62)51-20-10-11-40(57)32-72-27-25-71-24-22-53-45(61)33-73-28-26-70-23-21-52-44(60)19-18-41(50(68)69)55-48(65)38-16-14-37(15-17-38)30-54-43(59)12-8-6-4-2-3-5-7-9-13-47(63)64/h36-39,41,56H,2-35H2,1H3,(H,51,62)(H,52,60)(H,53,61)(H,54,59)(H,55,65)(H,63,64)(H,66,67)(H,68,69)/t36-,37?,38?,39-,41-/m0/s1. The van der Waals surface area contributed by atoms with E-state index in [0.717, 1.165) is 64.2 Å². The van der Waals surface area contributed by atoms with E-state index < -0.39 is 48.3 Å². The number of aliphatic hydroxyl groups excluding tert-OH is 1. The minimum Gasteiger partial charge on any atom is -0.481 e. The summed E-state index contributed by atoms with van der Waals surface area (Å²) < 4.78 is 21.4. The average molecular weight is 1080 g/mol. The number of aliphatic hydroxyl groups is 1. The molecule has 1 saturated carbocycles. The first-order chi connectivity index (χ1) is 35.5. The van der Waals surface area contributed by atoms with E-state index in [1.165, 1.54) is 11.8 Å². The highest BCUT2D eigenvalue weighted by atomic mass is 32.2. The number of unbranched alkanes of at least 4 members (excludes halogenated alkanes) is 7. The normalized spacial score (nSPS) is 15.5. The largest absolute Gasteiger partial charge is 0.481 e. The fourth-order valence-corrected chi connectivity index (χ4v) is 8.55. The molecule has 0 aromatic heterocycles. The first-order valence-corrected chi connectivity index (χ1v) is 27.3. The summed E-state index contributed by atoms with van der Waals surface area (Å²) in [6, 6.07) is -1.21. The lowest BCUT2D eigenvalue weighted by Gasteiger charge is -2.28. The molecule has 1 aliphatic rings. The van der Waals surface area contributed by atoms with Crippen LogP contribution < -0.4 is 26.6 Å². The molecule has 23 nitrogen and oxygen atoms in total. The van der Waals surface area contributed by atoms with Crippen LogP contribution in [0.25, 0.3) is 0 Å². The van der Waals surface area contributed by atoms with Crippen LogP contribution in [-0.2, 0) is 66.9 Å². The van der Waals surface area contributed by atoms with Gasteiger partial charge in [-0.05, 0) is 57.3 Å².